The summed E-state index contributed by atoms with van der Waals surface area (Å²) in [6.07, 6.45) is 7.14. The molecule has 0 heterocycles. The fourth-order valence-corrected chi connectivity index (χ4v) is 0.381. The summed E-state index contributed by atoms with van der Waals surface area (Å²) in [5, 5.41) is 6.78. The number of rotatable bonds is 3. The predicted octanol–water partition coefficient (Wildman–Crippen LogP) is 1.15. The first-order valence-corrected chi connectivity index (χ1v) is 2.53. The van der Waals surface area contributed by atoms with Crippen LogP contribution in [0.2, 0.25) is 0 Å². The molecule has 0 spiro atoms. The Hall–Kier alpha value is -0.680. The Labute approximate surface area is 61.7 Å². The van der Waals surface area contributed by atoms with E-state index in [4.69, 9.17) is 17.6 Å². The van der Waals surface area contributed by atoms with E-state index in [9.17, 15) is 0 Å². The molecule has 0 atom stereocenters. The van der Waals surface area contributed by atoms with Gasteiger partial charge in [-0.1, -0.05) is 0 Å². The molecule has 3 N–H and O–H groups in total. The lowest BCUT2D eigenvalue weighted by atomic mass is 10.2. The van der Waals surface area contributed by atoms with Crippen molar-refractivity contribution >= 4 is 18.2 Å². The lowest BCUT2D eigenvalue weighted by Crippen LogP contribution is -2.08. The van der Waals surface area contributed by atoms with Crippen molar-refractivity contribution in [3.63, 3.8) is 0 Å². The topological polar surface area (TPSA) is 49.9 Å². The molecule has 0 fully saturated rings. The van der Waals surface area contributed by atoms with Crippen LogP contribution in [-0.4, -0.2) is 5.84 Å². The summed E-state index contributed by atoms with van der Waals surface area (Å²) in [7, 11) is 0. The van der Waals surface area contributed by atoms with Crippen LogP contribution in [0.5, 0.6) is 0 Å². The number of unbranched alkanes of at least 4 members (excludes halogenated alkanes) is 1. The van der Waals surface area contributed by atoms with Gasteiger partial charge in [-0.05, 0) is 6.42 Å². The molecule has 3 heteroatoms. The van der Waals surface area contributed by atoms with Crippen molar-refractivity contribution < 1.29 is 0 Å². The van der Waals surface area contributed by atoms with Crippen molar-refractivity contribution in [3.05, 3.63) is 0 Å². The average molecular weight is 147 g/mol. The summed E-state index contributed by atoms with van der Waals surface area (Å²) >= 11 is 0. The van der Waals surface area contributed by atoms with Crippen molar-refractivity contribution in [3.8, 4) is 12.3 Å². The predicted molar refractivity (Wildman–Crippen MR) is 41.8 cm³/mol. The summed E-state index contributed by atoms with van der Waals surface area (Å²) in [4.78, 5) is 0. The molecule has 0 bridgehead atoms. The molecular formula is C6H11ClN2. The van der Waals surface area contributed by atoms with Gasteiger partial charge in [-0.3, -0.25) is 5.41 Å². The van der Waals surface area contributed by atoms with E-state index in [0.717, 1.165) is 12.8 Å². The zero-order valence-corrected chi connectivity index (χ0v) is 6.00. The highest BCUT2D eigenvalue weighted by molar-refractivity contribution is 5.85. The Bertz CT molecular complexity index is 115. The second-order valence-corrected chi connectivity index (χ2v) is 1.58. The summed E-state index contributed by atoms with van der Waals surface area (Å²) in [5.74, 6) is 2.69. The number of nitrogens with two attached hydrogens (primary N) is 1. The molecule has 9 heavy (non-hydrogen) atoms. The fraction of sp³-hybridized carbons (Fsp3) is 0.500. The molecule has 0 rings (SSSR count). The van der Waals surface area contributed by atoms with Crippen LogP contribution in [0.1, 0.15) is 19.3 Å². The highest BCUT2D eigenvalue weighted by atomic mass is 35.5. The van der Waals surface area contributed by atoms with Gasteiger partial charge in [0.2, 0.25) is 0 Å². The van der Waals surface area contributed by atoms with Crippen LogP contribution in [0.4, 0.5) is 0 Å². The number of terminal acetylenes is 1. The lowest BCUT2D eigenvalue weighted by Gasteiger charge is -1.90. The molecule has 0 radical (unpaired) electrons. The average Bonchev–Trinajstić information content (AvgIpc) is 1.66. The van der Waals surface area contributed by atoms with Crippen molar-refractivity contribution in [1.82, 2.24) is 0 Å². The molecule has 0 aromatic carbocycles. The molecule has 0 aromatic heterocycles. The molecule has 52 valence electrons. The molecule has 0 aliphatic heterocycles. The Kier molecular flexibility index (Phi) is 9.08. The minimum absolute atomic E-state index is 0. The molecule has 0 aliphatic carbocycles. The molecule has 0 amide bonds. The maximum atomic E-state index is 6.78. The molecule has 0 unspecified atom stereocenters. The summed E-state index contributed by atoms with van der Waals surface area (Å²) in [6.45, 7) is 0. The molecule has 0 aliphatic rings. The van der Waals surface area contributed by atoms with Gasteiger partial charge >= 0.3 is 0 Å². The van der Waals surface area contributed by atoms with E-state index >= 15 is 0 Å². The highest BCUT2D eigenvalue weighted by Crippen LogP contribution is 1.90. The van der Waals surface area contributed by atoms with E-state index in [1.165, 1.54) is 0 Å². The van der Waals surface area contributed by atoms with Gasteiger partial charge in [0.15, 0.2) is 0 Å². The first-order chi connectivity index (χ1) is 3.77. The monoisotopic (exact) mass is 146 g/mol. The van der Waals surface area contributed by atoms with Gasteiger partial charge in [-0.15, -0.1) is 24.8 Å². The first kappa shape index (κ1) is 11.2. The van der Waals surface area contributed by atoms with E-state index in [-0.39, 0.29) is 18.2 Å². The van der Waals surface area contributed by atoms with Crippen LogP contribution in [0.25, 0.3) is 0 Å². The van der Waals surface area contributed by atoms with Gasteiger partial charge < -0.3 is 5.73 Å². The third kappa shape index (κ3) is 11.1. The van der Waals surface area contributed by atoms with Crippen LogP contribution in [0.15, 0.2) is 0 Å². The molecule has 0 aromatic rings. The van der Waals surface area contributed by atoms with Gasteiger partial charge in [0.05, 0.1) is 5.84 Å². The Morgan fingerprint density at radius 1 is 1.67 bits per heavy atom. The summed E-state index contributed by atoms with van der Waals surface area (Å²) in [6, 6.07) is 0. The lowest BCUT2D eigenvalue weighted by molar-refractivity contribution is 0.902. The van der Waals surface area contributed by atoms with Gasteiger partial charge in [-0.25, -0.2) is 0 Å². The Morgan fingerprint density at radius 2 is 2.22 bits per heavy atom. The number of amidine groups is 1. The molecular weight excluding hydrogens is 136 g/mol. The van der Waals surface area contributed by atoms with Crippen molar-refractivity contribution in [2.24, 2.45) is 5.73 Å². The normalized spacial score (nSPS) is 7.00. The third-order valence-electron chi connectivity index (χ3n) is 0.767. The fourth-order valence-electron chi connectivity index (χ4n) is 0.381. The van der Waals surface area contributed by atoms with Gasteiger partial charge in [0.1, 0.15) is 0 Å². The van der Waals surface area contributed by atoms with Crippen LogP contribution in [-0.2, 0) is 0 Å². The molecule has 2 nitrogen and oxygen atoms in total. The SMILES string of the molecule is C#CCCCC(=N)N.Cl. The second-order valence-electron chi connectivity index (χ2n) is 1.58. The zero-order chi connectivity index (χ0) is 6.41. The van der Waals surface area contributed by atoms with Gasteiger partial charge in [0.25, 0.3) is 0 Å². The maximum Gasteiger partial charge on any atom is 0.0905 e. The van der Waals surface area contributed by atoms with Gasteiger partial charge in [-0.2, -0.15) is 0 Å². The smallest absolute Gasteiger partial charge is 0.0905 e. The summed E-state index contributed by atoms with van der Waals surface area (Å²) < 4.78 is 0. The Morgan fingerprint density at radius 3 is 2.56 bits per heavy atom. The quantitative estimate of drug-likeness (QED) is 0.267. The number of halogens is 1. The highest BCUT2D eigenvalue weighted by Gasteiger charge is 1.85. The standard InChI is InChI=1S/C6H10N2.ClH/c1-2-3-4-5-6(7)8;/h1H,3-5H2,(H3,7,8);1H. The van der Waals surface area contributed by atoms with Crippen molar-refractivity contribution in [2.75, 3.05) is 0 Å². The summed E-state index contributed by atoms with van der Waals surface area (Å²) in [5.41, 5.74) is 5.05. The van der Waals surface area contributed by atoms with E-state index in [1.54, 1.807) is 0 Å². The van der Waals surface area contributed by atoms with Crippen LogP contribution >= 0.6 is 12.4 Å². The second kappa shape index (κ2) is 7.32. The van der Waals surface area contributed by atoms with Crippen LogP contribution < -0.4 is 5.73 Å². The zero-order valence-electron chi connectivity index (χ0n) is 5.18. The van der Waals surface area contributed by atoms with Crippen LogP contribution in [0.3, 0.4) is 0 Å². The van der Waals surface area contributed by atoms with E-state index in [2.05, 4.69) is 5.92 Å². The van der Waals surface area contributed by atoms with Crippen molar-refractivity contribution in [2.45, 2.75) is 19.3 Å². The largest absolute Gasteiger partial charge is 0.388 e. The minimum Gasteiger partial charge on any atom is -0.388 e. The van der Waals surface area contributed by atoms with E-state index < -0.39 is 0 Å². The van der Waals surface area contributed by atoms with E-state index in [1.807, 2.05) is 0 Å². The first-order valence-electron chi connectivity index (χ1n) is 2.53. The van der Waals surface area contributed by atoms with Crippen molar-refractivity contribution in [1.29, 1.82) is 5.41 Å². The van der Waals surface area contributed by atoms with E-state index in [0.29, 0.717) is 6.42 Å². The van der Waals surface area contributed by atoms with Crippen LogP contribution in [0, 0.1) is 17.8 Å². The number of hydrogen-bond donors (Lipinski definition) is 2. The number of hydrogen-bond acceptors (Lipinski definition) is 1. The third-order valence-corrected chi connectivity index (χ3v) is 0.767. The van der Waals surface area contributed by atoms with Gasteiger partial charge in [0, 0.05) is 12.8 Å². The maximum absolute atomic E-state index is 6.78. The Balaban J connectivity index is 0. The minimum atomic E-state index is 0. The molecule has 0 saturated heterocycles. The number of nitrogens with one attached hydrogen (secondary N) is 1. The molecule has 0 saturated carbocycles.